The standard InChI is InChI=1S/C21H28N2O/c1-15(2)16-6-7-19(23-13-16)24-14-20(3,4)18-12-21(18,5)17-8-10-22-11-9-17/h6-11,13,15,18H,12,14H2,1-5H3. The number of hydrogen-bond acceptors (Lipinski definition) is 3. The Kier molecular flexibility index (Phi) is 4.37. The zero-order valence-corrected chi connectivity index (χ0v) is 15.4. The van der Waals surface area contributed by atoms with Gasteiger partial charge in [-0.3, -0.25) is 4.98 Å². The Morgan fingerprint density at radius 1 is 1.21 bits per heavy atom. The van der Waals surface area contributed by atoms with Gasteiger partial charge in [-0.2, -0.15) is 0 Å². The zero-order valence-electron chi connectivity index (χ0n) is 15.4. The van der Waals surface area contributed by atoms with Crippen LogP contribution in [0.5, 0.6) is 5.88 Å². The largest absolute Gasteiger partial charge is 0.477 e. The van der Waals surface area contributed by atoms with Gasteiger partial charge in [0.15, 0.2) is 0 Å². The van der Waals surface area contributed by atoms with Crippen LogP contribution in [0.3, 0.4) is 0 Å². The predicted octanol–water partition coefficient (Wildman–Crippen LogP) is 4.98. The number of nitrogens with zero attached hydrogens (tertiary/aromatic N) is 2. The van der Waals surface area contributed by atoms with Gasteiger partial charge in [0.05, 0.1) is 6.61 Å². The van der Waals surface area contributed by atoms with Crippen molar-refractivity contribution in [3.05, 3.63) is 54.0 Å². The van der Waals surface area contributed by atoms with Crippen LogP contribution >= 0.6 is 0 Å². The van der Waals surface area contributed by atoms with Crippen molar-refractivity contribution in [1.82, 2.24) is 9.97 Å². The van der Waals surface area contributed by atoms with E-state index in [0.717, 1.165) is 5.88 Å². The molecule has 0 aliphatic heterocycles. The first-order valence-electron chi connectivity index (χ1n) is 8.82. The molecule has 0 radical (unpaired) electrons. The van der Waals surface area contributed by atoms with Gasteiger partial charge in [0.1, 0.15) is 0 Å². The fourth-order valence-electron chi connectivity index (χ4n) is 3.73. The highest BCUT2D eigenvalue weighted by molar-refractivity contribution is 5.32. The van der Waals surface area contributed by atoms with E-state index in [1.54, 1.807) is 0 Å². The fourth-order valence-corrected chi connectivity index (χ4v) is 3.73. The second-order valence-corrected chi connectivity index (χ2v) is 8.27. The van der Waals surface area contributed by atoms with Crippen molar-refractivity contribution in [1.29, 1.82) is 0 Å². The van der Waals surface area contributed by atoms with Crippen LogP contribution in [0.25, 0.3) is 0 Å². The molecule has 3 rings (SSSR count). The Hall–Kier alpha value is -1.90. The van der Waals surface area contributed by atoms with Gasteiger partial charge in [-0.15, -0.1) is 0 Å². The summed E-state index contributed by atoms with van der Waals surface area (Å²) in [5.74, 6) is 1.83. The van der Waals surface area contributed by atoms with Gasteiger partial charge in [-0.05, 0) is 46.9 Å². The molecule has 0 saturated heterocycles. The van der Waals surface area contributed by atoms with Gasteiger partial charge in [-0.25, -0.2) is 4.98 Å². The van der Waals surface area contributed by atoms with E-state index in [1.165, 1.54) is 17.5 Å². The van der Waals surface area contributed by atoms with Gasteiger partial charge in [0.2, 0.25) is 5.88 Å². The van der Waals surface area contributed by atoms with Crippen LogP contribution in [-0.2, 0) is 5.41 Å². The molecule has 1 fully saturated rings. The number of pyridine rings is 2. The summed E-state index contributed by atoms with van der Waals surface area (Å²) in [4.78, 5) is 8.58. The quantitative estimate of drug-likeness (QED) is 0.751. The Morgan fingerprint density at radius 3 is 2.50 bits per heavy atom. The summed E-state index contributed by atoms with van der Waals surface area (Å²) < 4.78 is 6.01. The summed E-state index contributed by atoms with van der Waals surface area (Å²) in [5, 5.41) is 0. The normalized spacial score (nSPS) is 23.3. The summed E-state index contributed by atoms with van der Waals surface area (Å²) in [6.45, 7) is 12.0. The molecule has 0 spiro atoms. The van der Waals surface area contributed by atoms with E-state index in [0.29, 0.717) is 18.4 Å². The van der Waals surface area contributed by atoms with Gasteiger partial charge in [0, 0.05) is 30.1 Å². The Balaban J connectivity index is 1.63. The van der Waals surface area contributed by atoms with E-state index in [-0.39, 0.29) is 10.8 Å². The van der Waals surface area contributed by atoms with Gasteiger partial charge < -0.3 is 4.74 Å². The molecule has 2 heterocycles. The van der Waals surface area contributed by atoms with Crippen molar-refractivity contribution in [3.8, 4) is 5.88 Å². The molecule has 1 aliphatic carbocycles. The highest BCUT2D eigenvalue weighted by Crippen LogP contribution is 2.61. The molecule has 0 aromatic carbocycles. The zero-order chi connectivity index (χ0) is 17.4. The third kappa shape index (κ3) is 3.31. The number of aromatic nitrogens is 2. The molecule has 0 amide bonds. The molecule has 128 valence electrons. The van der Waals surface area contributed by atoms with Crippen LogP contribution in [0, 0.1) is 11.3 Å². The summed E-state index contributed by atoms with van der Waals surface area (Å²) in [6.07, 6.45) is 6.90. The highest BCUT2D eigenvalue weighted by Gasteiger charge is 2.58. The smallest absolute Gasteiger partial charge is 0.213 e. The molecule has 1 aliphatic rings. The predicted molar refractivity (Wildman–Crippen MR) is 97.3 cm³/mol. The third-order valence-corrected chi connectivity index (χ3v) is 5.54. The van der Waals surface area contributed by atoms with Gasteiger partial charge in [0.25, 0.3) is 0 Å². The second kappa shape index (κ2) is 6.19. The van der Waals surface area contributed by atoms with Crippen molar-refractivity contribution in [3.63, 3.8) is 0 Å². The maximum atomic E-state index is 6.01. The summed E-state index contributed by atoms with van der Waals surface area (Å²) in [6, 6.07) is 8.38. The first-order valence-corrected chi connectivity index (χ1v) is 8.82. The lowest BCUT2D eigenvalue weighted by atomic mass is 9.81. The average Bonchev–Trinajstić information content (AvgIpc) is 3.29. The van der Waals surface area contributed by atoms with Crippen LogP contribution in [0.4, 0.5) is 0 Å². The van der Waals surface area contributed by atoms with E-state index in [9.17, 15) is 0 Å². The van der Waals surface area contributed by atoms with Crippen LogP contribution in [0.1, 0.15) is 58.1 Å². The van der Waals surface area contributed by atoms with E-state index in [2.05, 4.69) is 62.8 Å². The Bertz CT molecular complexity index is 679. The minimum absolute atomic E-state index is 0.108. The van der Waals surface area contributed by atoms with Crippen LogP contribution in [0.15, 0.2) is 42.9 Å². The second-order valence-electron chi connectivity index (χ2n) is 8.27. The van der Waals surface area contributed by atoms with E-state index in [4.69, 9.17) is 4.74 Å². The third-order valence-electron chi connectivity index (χ3n) is 5.54. The van der Waals surface area contributed by atoms with Crippen LogP contribution < -0.4 is 4.74 Å². The van der Waals surface area contributed by atoms with Crippen LogP contribution in [-0.4, -0.2) is 16.6 Å². The lowest BCUT2D eigenvalue weighted by Crippen LogP contribution is -2.27. The molecule has 3 heteroatoms. The first kappa shape index (κ1) is 16.9. The Labute approximate surface area is 145 Å². The van der Waals surface area contributed by atoms with Crippen LogP contribution in [0.2, 0.25) is 0 Å². The molecule has 0 N–H and O–H groups in total. The molecular weight excluding hydrogens is 296 g/mol. The molecule has 1 saturated carbocycles. The summed E-state index contributed by atoms with van der Waals surface area (Å²) >= 11 is 0. The fraction of sp³-hybridized carbons (Fsp3) is 0.524. The van der Waals surface area contributed by atoms with Crippen molar-refractivity contribution in [2.75, 3.05) is 6.61 Å². The van der Waals surface area contributed by atoms with Crippen molar-refractivity contribution < 1.29 is 4.74 Å². The van der Waals surface area contributed by atoms with E-state index < -0.39 is 0 Å². The highest BCUT2D eigenvalue weighted by atomic mass is 16.5. The van der Waals surface area contributed by atoms with Gasteiger partial charge >= 0.3 is 0 Å². The molecule has 2 unspecified atom stereocenters. The Morgan fingerprint density at radius 2 is 1.92 bits per heavy atom. The lowest BCUT2D eigenvalue weighted by Gasteiger charge is -2.27. The molecule has 0 bridgehead atoms. The van der Waals surface area contributed by atoms with Crippen molar-refractivity contribution in [2.45, 2.75) is 52.4 Å². The minimum atomic E-state index is 0.108. The average molecular weight is 324 g/mol. The number of rotatable bonds is 6. The summed E-state index contributed by atoms with van der Waals surface area (Å²) in [5.41, 5.74) is 2.98. The molecule has 2 aromatic rings. The molecular formula is C21H28N2O. The molecule has 3 nitrogen and oxygen atoms in total. The van der Waals surface area contributed by atoms with Crippen molar-refractivity contribution in [2.24, 2.45) is 11.3 Å². The monoisotopic (exact) mass is 324 g/mol. The molecule has 2 atom stereocenters. The number of hydrogen-bond donors (Lipinski definition) is 0. The number of ether oxygens (including phenoxy) is 1. The van der Waals surface area contributed by atoms with E-state index in [1.807, 2.05) is 24.7 Å². The summed E-state index contributed by atoms with van der Waals surface area (Å²) in [7, 11) is 0. The SMILES string of the molecule is CC(C)c1ccc(OCC(C)(C)C2CC2(C)c2ccncc2)nc1. The molecule has 24 heavy (non-hydrogen) atoms. The van der Waals surface area contributed by atoms with Crippen molar-refractivity contribution >= 4 is 0 Å². The maximum absolute atomic E-state index is 6.01. The van der Waals surface area contributed by atoms with Gasteiger partial charge in [-0.1, -0.05) is 40.7 Å². The van der Waals surface area contributed by atoms with E-state index >= 15 is 0 Å². The maximum Gasteiger partial charge on any atom is 0.213 e. The molecule has 2 aromatic heterocycles. The topological polar surface area (TPSA) is 35.0 Å². The minimum Gasteiger partial charge on any atom is -0.477 e. The lowest BCUT2D eigenvalue weighted by molar-refractivity contribution is 0.143. The first-order chi connectivity index (χ1) is 11.3.